The minimum Gasteiger partial charge on any atom is -0.493 e. The Balaban J connectivity index is 2.37. The quantitative estimate of drug-likeness (QED) is 0.286. The van der Waals surface area contributed by atoms with Crippen LogP contribution in [0.25, 0.3) is 6.08 Å². The molecule has 0 spiro atoms. The van der Waals surface area contributed by atoms with Gasteiger partial charge in [-0.3, -0.25) is 4.79 Å². The van der Waals surface area contributed by atoms with E-state index in [-0.39, 0.29) is 16.8 Å². The van der Waals surface area contributed by atoms with Crippen molar-refractivity contribution in [3.8, 4) is 17.6 Å². The maximum Gasteiger partial charge on any atom is 0.339 e. The smallest absolute Gasteiger partial charge is 0.339 e. The van der Waals surface area contributed by atoms with E-state index in [9.17, 15) is 14.9 Å². The fourth-order valence-electron chi connectivity index (χ4n) is 2.41. The van der Waals surface area contributed by atoms with Crippen LogP contribution in [0.5, 0.6) is 11.5 Å². The van der Waals surface area contributed by atoms with Gasteiger partial charge in [0.1, 0.15) is 11.6 Å². The molecule has 8 heteroatoms. The van der Waals surface area contributed by atoms with Crippen molar-refractivity contribution in [3.05, 3.63) is 56.7 Å². The van der Waals surface area contributed by atoms with Gasteiger partial charge >= 0.3 is 5.97 Å². The largest absolute Gasteiger partial charge is 0.493 e. The van der Waals surface area contributed by atoms with Gasteiger partial charge in [-0.25, -0.2) is 4.79 Å². The van der Waals surface area contributed by atoms with Gasteiger partial charge in [0.2, 0.25) is 0 Å². The zero-order valence-corrected chi connectivity index (χ0v) is 17.6. The van der Waals surface area contributed by atoms with Crippen LogP contribution < -0.4 is 14.8 Å². The number of carbonyl (C=O) groups is 2. The van der Waals surface area contributed by atoms with E-state index >= 15 is 0 Å². The van der Waals surface area contributed by atoms with Gasteiger partial charge < -0.3 is 19.5 Å². The number of anilines is 1. The number of hydrogen-bond acceptors (Lipinski definition) is 6. The first-order chi connectivity index (χ1) is 13.4. The Morgan fingerprint density at radius 2 is 1.86 bits per heavy atom. The van der Waals surface area contributed by atoms with Crippen molar-refractivity contribution < 1.29 is 23.8 Å². The Morgan fingerprint density at radius 1 is 1.14 bits per heavy atom. The van der Waals surface area contributed by atoms with Crippen molar-refractivity contribution in [2.24, 2.45) is 0 Å². The minimum atomic E-state index is -0.649. The van der Waals surface area contributed by atoms with E-state index in [1.807, 2.05) is 6.07 Å². The Labute approximate surface area is 176 Å². The molecule has 0 atom stereocenters. The number of halogens is 1. The van der Waals surface area contributed by atoms with Crippen molar-refractivity contribution in [3.63, 3.8) is 0 Å². The number of amides is 1. The average Bonchev–Trinajstić information content (AvgIpc) is 2.71. The summed E-state index contributed by atoms with van der Waals surface area (Å²) in [5, 5.41) is 12.0. The lowest BCUT2D eigenvalue weighted by atomic mass is 10.1. The van der Waals surface area contributed by atoms with Crippen LogP contribution in [0.2, 0.25) is 0 Å². The van der Waals surface area contributed by atoms with Gasteiger partial charge in [-0.2, -0.15) is 5.26 Å². The van der Waals surface area contributed by atoms with Gasteiger partial charge in [0, 0.05) is 0 Å². The molecule has 0 unspecified atom stereocenters. The molecule has 2 aromatic rings. The Morgan fingerprint density at radius 3 is 2.46 bits per heavy atom. The zero-order valence-electron chi connectivity index (χ0n) is 15.4. The molecule has 0 aliphatic heterocycles. The summed E-state index contributed by atoms with van der Waals surface area (Å²) in [7, 11) is 4.28. The normalized spacial score (nSPS) is 10.6. The summed E-state index contributed by atoms with van der Waals surface area (Å²) in [6, 6.07) is 11.7. The molecular formula is C20H17IN2O5. The number of benzene rings is 2. The average molecular weight is 492 g/mol. The first-order valence-electron chi connectivity index (χ1n) is 7.97. The van der Waals surface area contributed by atoms with Gasteiger partial charge in [0.15, 0.2) is 11.5 Å². The van der Waals surface area contributed by atoms with E-state index in [4.69, 9.17) is 14.2 Å². The third-order valence-electron chi connectivity index (χ3n) is 3.71. The molecule has 2 aromatic carbocycles. The summed E-state index contributed by atoms with van der Waals surface area (Å²) < 4.78 is 16.0. The molecule has 7 nitrogen and oxygen atoms in total. The lowest BCUT2D eigenvalue weighted by molar-refractivity contribution is -0.112. The van der Waals surface area contributed by atoms with Crippen molar-refractivity contribution in [1.29, 1.82) is 5.26 Å². The first-order valence-corrected chi connectivity index (χ1v) is 9.05. The Bertz CT molecular complexity index is 979. The maximum atomic E-state index is 12.6. The molecule has 0 aliphatic carbocycles. The van der Waals surface area contributed by atoms with Crippen LogP contribution in [-0.4, -0.2) is 33.2 Å². The summed E-state index contributed by atoms with van der Waals surface area (Å²) in [5.41, 5.74) is 0.899. The van der Waals surface area contributed by atoms with Crippen molar-refractivity contribution in [2.45, 2.75) is 0 Å². The first kappa shape index (κ1) is 21.2. The molecule has 2 rings (SSSR count). The number of methoxy groups -OCH3 is 3. The third kappa shape index (κ3) is 4.80. The fourth-order valence-corrected chi connectivity index (χ4v) is 3.25. The summed E-state index contributed by atoms with van der Waals surface area (Å²) in [6.07, 6.45) is 1.43. The highest BCUT2D eigenvalue weighted by atomic mass is 127. The monoisotopic (exact) mass is 492 g/mol. The fraction of sp³-hybridized carbons (Fsp3) is 0.150. The van der Waals surface area contributed by atoms with Gasteiger partial charge in [0.05, 0.1) is 36.2 Å². The summed E-state index contributed by atoms with van der Waals surface area (Å²) in [4.78, 5) is 24.4. The number of esters is 1. The molecular weight excluding hydrogens is 475 g/mol. The molecule has 1 N–H and O–H groups in total. The summed E-state index contributed by atoms with van der Waals surface area (Å²) >= 11 is 2.08. The van der Waals surface area contributed by atoms with Crippen LogP contribution in [0.4, 0.5) is 5.69 Å². The SMILES string of the molecule is COC(=O)c1ccccc1NC(=O)/C(C#N)=C/c1cc(I)c(OC)c(OC)c1. The second-order valence-corrected chi connectivity index (χ2v) is 6.56. The van der Waals surface area contributed by atoms with Crippen LogP contribution in [0, 0.1) is 14.9 Å². The van der Waals surface area contributed by atoms with E-state index < -0.39 is 11.9 Å². The van der Waals surface area contributed by atoms with Crippen molar-refractivity contribution in [2.75, 3.05) is 26.6 Å². The predicted molar refractivity (Wildman–Crippen MR) is 112 cm³/mol. The lowest BCUT2D eigenvalue weighted by Crippen LogP contribution is -2.16. The summed E-state index contributed by atoms with van der Waals surface area (Å²) in [6.45, 7) is 0. The van der Waals surface area contributed by atoms with E-state index in [2.05, 4.69) is 27.9 Å². The number of ether oxygens (including phenoxy) is 3. The van der Waals surface area contributed by atoms with Crippen LogP contribution in [-0.2, 0) is 9.53 Å². The second kappa shape index (κ2) is 9.75. The molecule has 0 aliphatic rings. The number of nitrogens with one attached hydrogen (secondary N) is 1. The number of nitrogens with zero attached hydrogens (tertiary/aromatic N) is 1. The van der Waals surface area contributed by atoms with E-state index in [0.29, 0.717) is 17.1 Å². The van der Waals surface area contributed by atoms with E-state index in [0.717, 1.165) is 3.57 Å². The van der Waals surface area contributed by atoms with E-state index in [1.54, 1.807) is 30.3 Å². The number of nitriles is 1. The highest BCUT2D eigenvalue weighted by Gasteiger charge is 2.17. The highest BCUT2D eigenvalue weighted by Crippen LogP contribution is 2.34. The summed E-state index contributed by atoms with van der Waals surface area (Å²) in [5.74, 6) is -0.193. The van der Waals surface area contributed by atoms with Gasteiger partial charge in [-0.1, -0.05) is 12.1 Å². The second-order valence-electron chi connectivity index (χ2n) is 5.40. The van der Waals surface area contributed by atoms with Crippen molar-refractivity contribution >= 4 is 46.2 Å². The van der Waals surface area contributed by atoms with E-state index in [1.165, 1.54) is 33.5 Å². The molecule has 0 saturated carbocycles. The number of rotatable bonds is 6. The lowest BCUT2D eigenvalue weighted by Gasteiger charge is -2.11. The maximum absolute atomic E-state index is 12.6. The molecule has 0 radical (unpaired) electrons. The molecule has 28 heavy (non-hydrogen) atoms. The van der Waals surface area contributed by atoms with Crippen LogP contribution in [0.1, 0.15) is 15.9 Å². The molecule has 0 fully saturated rings. The van der Waals surface area contributed by atoms with Crippen LogP contribution in [0.3, 0.4) is 0 Å². The Kier molecular flexibility index (Phi) is 7.40. The number of carbonyl (C=O) groups excluding carboxylic acids is 2. The van der Waals surface area contributed by atoms with Crippen LogP contribution >= 0.6 is 22.6 Å². The third-order valence-corrected chi connectivity index (χ3v) is 4.51. The molecule has 1 amide bonds. The Hall–Kier alpha value is -3.06. The number of para-hydroxylation sites is 1. The van der Waals surface area contributed by atoms with Crippen LogP contribution in [0.15, 0.2) is 42.0 Å². The minimum absolute atomic E-state index is 0.136. The zero-order chi connectivity index (χ0) is 20.7. The predicted octanol–water partition coefficient (Wildman–Crippen LogP) is 3.64. The van der Waals surface area contributed by atoms with Gasteiger partial charge in [0.25, 0.3) is 5.91 Å². The molecule has 144 valence electrons. The standard InChI is InChI=1S/C20H17IN2O5/c1-26-17-10-12(9-15(21)18(17)27-2)8-13(11-22)19(24)23-16-7-5-4-6-14(16)20(25)28-3/h4-10H,1-3H3,(H,23,24)/b13-8+. The van der Waals surface area contributed by atoms with Crippen molar-refractivity contribution in [1.82, 2.24) is 0 Å². The molecule has 0 aromatic heterocycles. The topological polar surface area (TPSA) is 97.7 Å². The van der Waals surface area contributed by atoms with Gasteiger partial charge in [-0.05, 0) is 58.5 Å². The van der Waals surface area contributed by atoms with Gasteiger partial charge in [-0.15, -0.1) is 0 Å². The molecule has 0 heterocycles. The highest BCUT2D eigenvalue weighted by molar-refractivity contribution is 14.1. The molecule has 0 saturated heterocycles. The molecule has 0 bridgehead atoms. The number of hydrogen-bond donors (Lipinski definition) is 1.